The van der Waals surface area contributed by atoms with Gasteiger partial charge in [-0.05, 0) is 41.5 Å². The summed E-state index contributed by atoms with van der Waals surface area (Å²) in [5, 5.41) is 2.41. The fraction of sp³-hybridized carbons (Fsp3) is 0.278. The molecule has 0 amide bonds. The van der Waals surface area contributed by atoms with Gasteiger partial charge in [0.15, 0.2) is 5.78 Å². The van der Waals surface area contributed by atoms with Crippen molar-refractivity contribution < 1.29 is 4.79 Å². The lowest BCUT2D eigenvalue weighted by molar-refractivity contribution is 0.0969. The van der Waals surface area contributed by atoms with Crippen LogP contribution in [0.15, 0.2) is 40.8 Å². The molecule has 0 spiro atoms. The molecule has 0 saturated carbocycles. The van der Waals surface area contributed by atoms with Crippen LogP contribution >= 0.6 is 11.3 Å². The number of nitrogens with zero attached hydrogens (tertiary/aromatic N) is 2. The highest BCUT2D eigenvalue weighted by Crippen LogP contribution is 2.16. The molecule has 2 heterocycles. The highest BCUT2D eigenvalue weighted by molar-refractivity contribution is 7.16. The average molecular weight is 326 g/mol. The van der Waals surface area contributed by atoms with Crippen molar-refractivity contribution in [2.75, 3.05) is 0 Å². The quantitative estimate of drug-likeness (QED) is 0.675. The number of aromatic nitrogens is 2. The summed E-state index contributed by atoms with van der Waals surface area (Å²) in [7, 11) is 0. The minimum Gasteiger partial charge on any atom is -0.292 e. The fourth-order valence-corrected chi connectivity index (χ4v) is 3.38. The molecule has 0 fully saturated rings. The number of rotatable bonds is 5. The number of carbonyl (C=O) groups excluding carboxylic acids is 1. The van der Waals surface area contributed by atoms with Crippen molar-refractivity contribution in [1.82, 2.24) is 9.55 Å². The van der Waals surface area contributed by atoms with Crippen molar-refractivity contribution in [1.29, 1.82) is 0 Å². The highest BCUT2D eigenvalue weighted by atomic mass is 32.1. The maximum atomic E-state index is 12.7. The monoisotopic (exact) mass is 326 g/mol. The topological polar surface area (TPSA) is 52.0 Å². The normalized spacial score (nSPS) is 11.0. The lowest BCUT2D eigenvalue weighted by Gasteiger charge is -2.10. The van der Waals surface area contributed by atoms with E-state index in [2.05, 4.69) is 18.0 Å². The minimum atomic E-state index is -0.158. The van der Waals surface area contributed by atoms with E-state index in [4.69, 9.17) is 0 Å². The molecule has 0 atom stereocenters. The highest BCUT2D eigenvalue weighted by Gasteiger charge is 2.14. The fourth-order valence-electron chi connectivity index (χ4n) is 2.66. The zero-order valence-electron chi connectivity index (χ0n) is 13.2. The van der Waals surface area contributed by atoms with Crippen LogP contribution in [0.2, 0.25) is 0 Å². The van der Waals surface area contributed by atoms with Gasteiger partial charge in [0.1, 0.15) is 4.83 Å². The molecule has 0 radical (unpaired) electrons. The van der Waals surface area contributed by atoms with E-state index in [0.29, 0.717) is 15.8 Å². The van der Waals surface area contributed by atoms with Crippen LogP contribution in [0.3, 0.4) is 0 Å². The minimum absolute atomic E-state index is 0.0256. The Kier molecular flexibility index (Phi) is 4.39. The van der Waals surface area contributed by atoms with Gasteiger partial charge in [-0.15, -0.1) is 11.3 Å². The van der Waals surface area contributed by atoms with E-state index in [1.807, 2.05) is 24.4 Å². The summed E-state index contributed by atoms with van der Waals surface area (Å²) in [6.07, 6.45) is 3.14. The third kappa shape index (κ3) is 2.97. The summed E-state index contributed by atoms with van der Waals surface area (Å²) >= 11 is 1.43. The average Bonchev–Trinajstić information content (AvgIpc) is 3.06. The van der Waals surface area contributed by atoms with Crippen LogP contribution in [0.1, 0.15) is 35.3 Å². The number of ketones is 1. The SMILES string of the molecule is CCc1ccc(CC)c(C(=O)Cn2cnc3sccc3c2=O)c1. The Hall–Kier alpha value is -2.27. The molecule has 0 N–H and O–H groups in total. The van der Waals surface area contributed by atoms with E-state index in [1.54, 1.807) is 6.07 Å². The zero-order chi connectivity index (χ0) is 16.4. The smallest absolute Gasteiger partial charge is 0.262 e. The van der Waals surface area contributed by atoms with Gasteiger partial charge in [0.2, 0.25) is 0 Å². The third-order valence-corrected chi connectivity index (χ3v) is 4.85. The molecule has 3 rings (SSSR count). The zero-order valence-corrected chi connectivity index (χ0v) is 14.0. The van der Waals surface area contributed by atoms with Gasteiger partial charge in [0.05, 0.1) is 18.3 Å². The number of fused-ring (bicyclic) bond motifs is 1. The summed E-state index contributed by atoms with van der Waals surface area (Å²) in [6.45, 7) is 4.12. The number of benzene rings is 1. The number of carbonyl (C=O) groups is 1. The molecule has 118 valence electrons. The summed E-state index contributed by atoms with van der Waals surface area (Å²) < 4.78 is 1.40. The number of Topliss-reactive ketones (excluding diaryl/α,β-unsaturated/α-hetero) is 1. The molecule has 5 heteroatoms. The van der Waals surface area contributed by atoms with Crippen molar-refractivity contribution in [3.8, 4) is 0 Å². The van der Waals surface area contributed by atoms with Gasteiger partial charge >= 0.3 is 0 Å². The summed E-state index contributed by atoms with van der Waals surface area (Å²) in [6, 6.07) is 7.77. The van der Waals surface area contributed by atoms with Gasteiger partial charge in [-0.25, -0.2) is 4.98 Å². The van der Waals surface area contributed by atoms with Gasteiger partial charge in [0.25, 0.3) is 5.56 Å². The van der Waals surface area contributed by atoms with Gasteiger partial charge in [0, 0.05) is 5.56 Å². The Morgan fingerprint density at radius 2 is 2.04 bits per heavy atom. The first-order valence-corrected chi connectivity index (χ1v) is 8.59. The molecular weight excluding hydrogens is 308 g/mol. The van der Waals surface area contributed by atoms with Gasteiger partial charge in [-0.3, -0.25) is 14.2 Å². The molecule has 0 bridgehead atoms. The molecule has 4 nitrogen and oxygen atoms in total. The molecular formula is C18H18N2O2S. The largest absolute Gasteiger partial charge is 0.292 e. The summed E-state index contributed by atoms with van der Waals surface area (Å²) in [5.41, 5.74) is 2.70. The molecule has 3 aromatic rings. The standard InChI is InChI=1S/C18H18N2O2S/c1-3-12-5-6-13(4-2)15(9-12)16(21)10-20-11-19-17-14(18(20)22)7-8-23-17/h5-9,11H,3-4,10H2,1-2H3. The maximum Gasteiger partial charge on any atom is 0.262 e. The van der Waals surface area contributed by atoms with Crippen LogP contribution < -0.4 is 5.56 Å². The van der Waals surface area contributed by atoms with Crippen LogP contribution in [0.4, 0.5) is 0 Å². The summed E-state index contributed by atoms with van der Waals surface area (Å²) in [4.78, 5) is 30.1. The number of hydrogen-bond acceptors (Lipinski definition) is 4. The van der Waals surface area contributed by atoms with Gasteiger partial charge in [-0.2, -0.15) is 0 Å². The second kappa shape index (κ2) is 6.46. The Balaban J connectivity index is 1.97. The van der Waals surface area contributed by atoms with Gasteiger partial charge < -0.3 is 0 Å². The van der Waals surface area contributed by atoms with E-state index < -0.39 is 0 Å². The first-order chi connectivity index (χ1) is 11.1. The molecule has 2 aromatic heterocycles. The van der Waals surface area contributed by atoms with E-state index in [-0.39, 0.29) is 17.9 Å². The lowest BCUT2D eigenvalue weighted by Crippen LogP contribution is -2.24. The molecule has 0 aliphatic carbocycles. The van der Waals surface area contributed by atoms with Crippen molar-refractivity contribution >= 4 is 27.3 Å². The maximum absolute atomic E-state index is 12.7. The van der Waals surface area contributed by atoms with Crippen molar-refractivity contribution in [2.24, 2.45) is 0 Å². The van der Waals surface area contributed by atoms with Crippen molar-refractivity contribution in [3.05, 3.63) is 63.0 Å². The van der Waals surface area contributed by atoms with Crippen molar-refractivity contribution in [2.45, 2.75) is 33.2 Å². The van der Waals surface area contributed by atoms with Crippen LogP contribution in [0.5, 0.6) is 0 Å². The van der Waals surface area contributed by atoms with E-state index in [1.165, 1.54) is 22.2 Å². The molecule has 23 heavy (non-hydrogen) atoms. The Morgan fingerprint density at radius 1 is 1.22 bits per heavy atom. The van der Waals surface area contributed by atoms with E-state index >= 15 is 0 Å². The Morgan fingerprint density at radius 3 is 2.78 bits per heavy atom. The number of aryl methyl sites for hydroxylation is 2. The predicted octanol–water partition coefficient (Wildman–Crippen LogP) is 3.47. The lowest BCUT2D eigenvalue weighted by atomic mass is 9.97. The molecule has 0 aliphatic rings. The second-order valence-corrected chi connectivity index (χ2v) is 6.33. The van der Waals surface area contributed by atoms with Crippen molar-refractivity contribution in [3.63, 3.8) is 0 Å². The predicted molar refractivity (Wildman–Crippen MR) is 93.4 cm³/mol. The van der Waals surface area contributed by atoms with E-state index in [0.717, 1.165) is 24.0 Å². The van der Waals surface area contributed by atoms with Crippen LogP contribution in [0.25, 0.3) is 10.2 Å². The first kappa shape index (κ1) is 15.6. The Labute approximate surface area is 138 Å². The molecule has 0 unspecified atom stereocenters. The first-order valence-electron chi connectivity index (χ1n) is 7.71. The molecule has 1 aromatic carbocycles. The molecule has 0 aliphatic heterocycles. The second-order valence-electron chi connectivity index (χ2n) is 5.44. The van der Waals surface area contributed by atoms with Crippen LogP contribution in [-0.4, -0.2) is 15.3 Å². The van der Waals surface area contributed by atoms with Gasteiger partial charge in [-0.1, -0.05) is 26.0 Å². The Bertz CT molecular complexity index is 924. The number of thiophene rings is 1. The van der Waals surface area contributed by atoms with E-state index in [9.17, 15) is 9.59 Å². The summed E-state index contributed by atoms with van der Waals surface area (Å²) in [5.74, 6) is -0.0457. The third-order valence-electron chi connectivity index (χ3n) is 4.03. The van der Waals surface area contributed by atoms with Crippen LogP contribution in [-0.2, 0) is 19.4 Å². The number of hydrogen-bond donors (Lipinski definition) is 0. The molecule has 0 saturated heterocycles. The van der Waals surface area contributed by atoms with Crippen LogP contribution in [0, 0.1) is 0 Å².